The summed E-state index contributed by atoms with van der Waals surface area (Å²) in [7, 11) is 0. The number of hydrogen-bond acceptors (Lipinski definition) is 2. The van der Waals surface area contributed by atoms with Gasteiger partial charge in [0.1, 0.15) is 5.38 Å². The maximum atomic E-state index is 11.1. The maximum absolute atomic E-state index is 11.1. The summed E-state index contributed by atoms with van der Waals surface area (Å²) in [5, 5.41) is 7.93. The fraction of sp³-hybridized carbons (Fsp3) is 0.273. The first-order valence-electron chi connectivity index (χ1n) is 4.56. The number of rotatable bonds is 4. The Hall–Kier alpha value is -0.870. The molecule has 1 N–H and O–H groups in total. The van der Waals surface area contributed by atoms with Crippen molar-refractivity contribution in [2.75, 3.05) is 0 Å². The van der Waals surface area contributed by atoms with E-state index < -0.39 is 11.3 Å². The van der Waals surface area contributed by atoms with Crippen molar-refractivity contribution in [1.82, 2.24) is 0 Å². The molecule has 0 aliphatic heterocycles. The van der Waals surface area contributed by atoms with Gasteiger partial charge in [-0.15, -0.1) is 11.6 Å². The van der Waals surface area contributed by atoms with Crippen molar-refractivity contribution in [3.63, 3.8) is 0 Å². The summed E-state index contributed by atoms with van der Waals surface area (Å²) < 4.78 is 0.654. The van der Waals surface area contributed by atoms with E-state index in [-0.39, 0.29) is 12.2 Å². The van der Waals surface area contributed by atoms with Crippen LogP contribution in [0.5, 0.6) is 0 Å². The Kier molecular flexibility index (Phi) is 4.50. The lowest BCUT2D eigenvalue weighted by Gasteiger charge is -2.09. The zero-order valence-electron chi connectivity index (χ0n) is 8.54. The van der Waals surface area contributed by atoms with Gasteiger partial charge < -0.3 is 5.11 Å². The predicted molar refractivity (Wildman–Crippen MR) is 64.8 cm³/mol. The Morgan fingerprint density at radius 2 is 2.12 bits per heavy atom. The summed E-state index contributed by atoms with van der Waals surface area (Å²) in [6.07, 6.45) is -0.0497. The number of aliphatic carboxylic acids is 1. The number of carboxylic acids is 1. The van der Waals surface area contributed by atoms with Gasteiger partial charge in [-0.3, -0.25) is 9.59 Å². The molecule has 0 fully saturated rings. The summed E-state index contributed by atoms with van der Waals surface area (Å²) in [5.74, 6) is -1.04. The van der Waals surface area contributed by atoms with E-state index in [1.54, 1.807) is 18.2 Å². The Balaban J connectivity index is 3.00. The van der Waals surface area contributed by atoms with Crippen LogP contribution in [0.1, 0.15) is 23.4 Å². The second-order valence-corrected chi connectivity index (χ2v) is 4.69. The van der Waals surface area contributed by atoms with E-state index in [1.807, 2.05) is 0 Å². The molecule has 1 aromatic rings. The largest absolute Gasteiger partial charge is 0.481 e. The number of carbonyl (C=O) groups is 2. The monoisotopic (exact) mass is 304 g/mol. The Morgan fingerprint density at radius 3 is 2.56 bits per heavy atom. The second kappa shape index (κ2) is 5.46. The van der Waals surface area contributed by atoms with Gasteiger partial charge in [-0.05, 0) is 24.1 Å². The molecule has 0 aliphatic rings. The third-order valence-corrected chi connectivity index (χ3v) is 3.28. The molecule has 0 saturated heterocycles. The number of benzene rings is 1. The molecule has 0 heterocycles. The molecule has 1 rings (SSSR count). The average molecular weight is 306 g/mol. The van der Waals surface area contributed by atoms with Crippen LogP contribution in [0.25, 0.3) is 0 Å². The molecule has 0 aliphatic carbocycles. The predicted octanol–water partition coefficient (Wildman–Crippen LogP) is 2.95. The van der Waals surface area contributed by atoms with Gasteiger partial charge in [-0.1, -0.05) is 28.1 Å². The minimum Gasteiger partial charge on any atom is -0.481 e. The standard InChI is InChI=1S/C11H10BrClO3/c1-6(14)11(13)8-3-2-7(4-9(8)12)5-10(15)16/h2-4,11H,5H2,1H3,(H,15,16). The number of Topliss-reactive ketones (excluding diaryl/α,β-unsaturated/α-hetero) is 1. The molecule has 0 spiro atoms. The van der Waals surface area contributed by atoms with E-state index in [2.05, 4.69) is 15.9 Å². The zero-order chi connectivity index (χ0) is 12.3. The fourth-order valence-corrected chi connectivity index (χ4v) is 2.26. The van der Waals surface area contributed by atoms with E-state index in [1.165, 1.54) is 6.92 Å². The van der Waals surface area contributed by atoms with E-state index in [0.29, 0.717) is 15.6 Å². The van der Waals surface area contributed by atoms with E-state index in [4.69, 9.17) is 16.7 Å². The van der Waals surface area contributed by atoms with Crippen LogP contribution in [-0.2, 0) is 16.0 Å². The van der Waals surface area contributed by atoms with E-state index in [0.717, 1.165) is 0 Å². The van der Waals surface area contributed by atoms with Gasteiger partial charge in [0.15, 0.2) is 5.78 Å². The first-order valence-corrected chi connectivity index (χ1v) is 5.79. The summed E-state index contributed by atoms with van der Waals surface area (Å²) in [6.45, 7) is 1.41. The van der Waals surface area contributed by atoms with Crippen molar-refractivity contribution < 1.29 is 14.7 Å². The van der Waals surface area contributed by atoms with Crippen LogP contribution in [0.15, 0.2) is 22.7 Å². The van der Waals surface area contributed by atoms with E-state index >= 15 is 0 Å². The fourth-order valence-electron chi connectivity index (χ4n) is 1.28. The molecule has 1 atom stereocenters. The minimum atomic E-state index is -0.895. The van der Waals surface area contributed by atoms with Crippen molar-refractivity contribution in [1.29, 1.82) is 0 Å². The smallest absolute Gasteiger partial charge is 0.307 e. The number of ketones is 1. The molecule has 0 amide bonds. The third kappa shape index (κ3) is 3.32. The van der Waals surface area contributed by atoms with Gasteiger partial charge in [0.2, 0.25) is 0 Å². The highest BCUT2D eigenvalue weighted by Crippen LogP contribution is 2.29. The molecule has 86 valence electrons. The zero-order valence-corrected chi connectivity index (χ0v) is 10.9. The lowest BCUT2D eigenvalue weighted by atomic mass is 10.1. The summed E-state index contributed by atoms with van der Waals surface area (Å²) in [4.78, 5) is 21.6. The second-order valence-electron chi connectivity index (χ2n) is 3.40. The highest BCUT2D eigenvalue weighted by atomic mass is 79.9. The quantitative estimate of drug-likeness (QED) is 0.870. The Bertz CT molecular complexity index is 431. The van der Waals surface area contributed by atoms with Crippen molar-refractivity contribution >= 4 is 39.3 Å². The van der Waals surface area contributed by atoms with E-state index in [9.17, 15) is 9.59 Å². The molecule has 0 saturated carbocycles. The number of hydrogen-bond donors (Lipinski definition) is 1. The molecule has 0 radical (unpaired) electrons. The molecule has 0 aromatic heterocycles. The molecule has 0 bridgehead atoms. The molecular formula is C11H10BrClO3. The van der Waals surface area contributed by atoms with Crippen LogP contribution in [0.3, 0.4) is 0 Å². The number of halogens is 2. The first-order chi connectivity index (χ1) is 7.41. The lowest BCUT2D eigenvalue weighted by Crippen LogP contribution is -2.04. The van der Waals surface area contributed by atoms with Crippen LogP contribution in [-0.4, -0.2) is 16.9 Å². The van der Waals surface area contributed by atoms with Crippen LogP contribution >= 0.6 is 27.5 Å². The summed E-state index contributed by atoms with van der Waals surface area (Å²) >= 11 is 9.18. The highest BCUT2D eigenvalue weighted by Gasteiger charge is 2.16. The average Bonchev–Trinajstić information content (AvgIpc) is 2.15. The van der Waals surface area contributed by atoms with Crippen LogP contribution in [0.2, 0.25) is 0 Å². The molecule has 3 nitrogen and oxygen atoms in total. The van der Waals surface area contributed by atoms with Gasteiger partial charge >= 0.3 is 5.97 Å². The normalized spacial score (nSPS) is 12.2. The van der Waals surface area contributed by atoms with Crippen molar-refractivity contribution in [3.05, 3.63) is 33.8 Å². The molecular weight excluding hydrogens is 295 g/mol. The van der Waals surface area contributed by atoms with Gasteiger partial charge in [-0.25, -0.2) is 0 Å². The maximum Gasteiger partial charge on any atom is 0.307 e. The molecule has 1 unspecified atom stereocenters. The number of carboxylic acid groups (broad SMARTS) is 1. The first kappa shape index (κ1) is 13.2. The SMILES string of the molecule is CC(=O)C(Cl)c1ccc(CC(=O)O)cc1Br. The molecule has 5 heteroatoms. The molecule has 16 heavy (non-hydrogen) atoms. The van der Waals surface area contributed by atoms with Gasteiger partial charge in [-0.2, -0.15) is 0 Å². The number of alkyl halides is 1. The topological polar surface area (TPSA) is 54.4 Å². The Labute approximate surface area is 107 Å². The summed E-state index contributed by atoms with van der Waals surface area (Å²) in [6, 6.07) is 5.00. The van der Waals surface area contributed by atoms with Crippen LogP contribution in [0, 0.1) is 0 Å². The third-order valence-electron chi connectivity index (χ3n) is 2.05. The number of carbonyl (C=O) groups excluding carboxylic acids is 1. The molecule has 1 aromatic carbocycles. The highest BCUT2D eigenvalue weighted by molar-refractivity contribution is 9.10. The Morgan fingerprint density at radius 1 is 1.50 bits per heavy atom. The van der Waals surface area contributed by atoms with Crippen LogP contribution in [0.4, 0.5) is 0 Å². The lowest BCUT2D eigenvalue weighted by molar-refractivity contribution is -0.136. The van der Waals surface area contributed by atoms with Gasteiger partial charge in [0, 0.05) is 4.47 Å². The van der Waals surface area contributed by atoms with Crippen LogP contribution < -0.4 is 0 Å². The summed E-state index contributed by atoms with van der Waals surface area (Å²) in [5.41, 5.74) is 1.32. The minimum absolute atomic E-state index is 0.0497. The van der Waals surface area contributed by atoms with Crippen molar-refractivity contribution in [3.8, 4) is 0 Å². The van der Waals surface area contributed by atoms with Gasteiger partial charge in [0.25, 0.3) is 0 Å². The van der Waals surface area contributed by atoms with Gasteiger partial charge in [0.05, 0.1) is 6.42 Å². The van der Waals surface area contributed by atoms with Crippen molar-refractivity contribution in [2.24, 2.45) is 0 Å². The van der Waals surface area contributed by atoms with Crippen molar-refractivity contribution in [2.45, 2.75) is 18.7 Å².